The van der Waals surface area contributed by atoms with Gasteiger partial charge >= 0.3 is 0 Å². The standard InChI is InChI=1S/C25H22N6O2/c1-14-5-8-19(28-25-29-23(33-30-25)17-7-6-15(2)26-12-17)11-20(14)21-10-18-13-27-16(3)9-22(18)31(4)24(21)32/h5-13H,1-4H3,(H,28,30). The molecule has 0 saturated carbocycles. The van der Waals surface area contributed by atoms with Gasteiger partial charge < -0.3 is 14.4 Å². The molecule has 4 aromatic heterocycles. The molecule has 0 aliphatic carbocycles. The quantitative estimate of drug-likeness (QED) is 0.434. The van der Waals surface area contributed by atoms with Gasteiger partial charge in [0, 0.05) is 47.5 Å². The molecular formula is C25H22N6O2. The predicted octanol–water partition coefficient (Wildman–Crippen LogP) is 4.71. The Labute approximate surface area is 190 Å². The molecule has 0 spiro atoms. The molecule has 0 aliphatic heterocycles. The third kappa shape index (κ3) is 3.87. The van der Waals surface area contributed by atoms with E-state index < -0.39 is 0 Å². The Bertz CT molecular complexity index is 1550. The second-order valence-corrected chi connectivity index (χ2v) is 8.07. The molecule has 0 fully saturated rings. The number of nitrogens with one attached hydrogen (secondary N) is 1. The van der Waals surface area contributed by atoms with Gasteiger partial charge in [0.15, 0.2) is 0 Å². The summed E-state index contributed by atoms with van der Waals surface area (Å²) in [6, 6.07) is 13.4. The molecule has 0 bridgehead atoms. The molecular weight excluding hydrogens is 416 g/mol. The van der Waals surface area contributed by atoms with E-state index in [9.17, 15) is 4.79 Å². The first-order valence-corrected chi connectivity index (χ1v) is 10.5. The van der Waals surface area contributed by atoms with Crippen LogP contribution >= 0.6 is 0 Å². The molecule has 8 heteroatoms. The van der Waals surface area contributed by atoms with E-state index in [0.717, 1.165) is 44.7 Å². The van der Waals surface area contributed by atoms with Crippen molar-refractivity contribution in [1.29, 1.82) is 0 Å². The highest BCUT2D eigenvalue weighted by Crippen LogP contribution is 2.28. The summed E-state index contributed by atoms with van der Waals surface area (Å²) in [5.41, 5.74) is 6.48. The predicted molar refractivity (Wildman–Crippen MR) is 127 cm³/mol. The van der Waals surface area contributed by atoms with E-state index in [2.05, 4.69) is 25.4 Å². The Morgan fingerprint density at radius 3 is 2.52 bits per heavy atom. The molecule has 0 radical (unpaired) electrons. The zero-order chi connectivity index (χ0) is 23.1. The number of nitrogens with zero attached hydrogens (tertiary/aromatic N) is 5. The molecule has 0 aliphatic rings. The normalized spacial score (nSPS) is 11.2. The zero-order valence-electron chi connectivity index (χ0n) is 18.7. The maximum atomic E-state index is 13.2. The van der Waals surface area contributed by atoms with Crippen LogP contribution in [0.15, 0.2) is 64.2 Å². The molecule has 1 N–H and O–H groups in total. The summed E-state index contributed by atoms with van der Waals surface area (Å²) < 4.78 is 7.04. The molecule has 5 rings (SSSR count). The van der Waals surface area contributed by atoms with Crippen LogP contribution in [0.3, 0.4) is 0 Å². The third-order valence-corrected chi connectivity index (χ3v) is 5.61. The molecule has 4 heterocycles. The smallest absolute Gasteiger partial charge is 0.268 e. The van der Waals surface area contributed by atoms with E-state index in [0.29, 0.717) is 17.4 Å². The highest BCUT2D eigenvalue weighted by molar-refractivity contribution is 5.85. The number of benzene rings is 1. The highest BCUT2D eigenvalue weighted by Gasteiger charge is 2.14. The summed E-state index contributed by atoms with van der Waals surface area (Å²) in [7, 11) is 1.78. The van der Waals surface area contributed by atoms with Gasteiger partial charge in [-0.1, -0.05) is 6.07 Å². The molecule has 164 valence electrons. The van der Waals surface area contributed by atoms with Crippen molar-refractivity contribution in [2.75, 3.05) is 5.32 Å². The van der Waals surface area contributed by atoms with Gasteiger partial charge in [0.25, 0.3) is 17.4 Å². The van der Waals surface area contributed by atoms with Gasteiger partial charge in [-0.2, -0.15) is 4.98 Å². The van der Waals surface area contributed by atoms with Crippen LogP contribution in [0.25, 0.3) is 33.5 Å². The van der Waals surface area contributed by atoms with E-state index >= 15 is 0 Å². The van der Waals surface area contributed by atoms with Crippen LogP contribution in [0.4, 0.5) is 11.6 Å². The molecule has 1 aromatic carbocycles. The monoisotopic (exact) mass is 438 g/mol. The van der Waals surface area contributed by atoms with Gasteiger partial charge in [0.05, 0.1) is 11.1 Å². The summed E-state index contributed by atoms with van der Waals surface area (Å²) in [4.78, 5) is 26.2. The average molecular weight is 438 g/mol. The van der Waals surface area contributed by atoms with Crippen molar-refractivity contribution in [3.05, 3.63) is 82.2 Å². The summed E-state index contributed by atoms with van der Waals surface area (Å²) in [6.45, 7) is 5.81. The fourth-order valence-corrected chi connectivity index (χ4v) is 3.76. The molecule has 0 saturated heterocycles. The SMILES string of the molecule is Cc1ccc(-c2nc(Nc3ccc(C)c(-c4cc5cnc(C)cc5n(C)c4=O)c3)no2)cn1. The number of aryl methyl sites for hydroxylation is 4. The fraction of sp³-hybridized carbons (Fsp3) is 0.160. The fourth-order valence-electron chi connectivity index (χ4n) is 3.76. The van der Waals surface area contributed by atoms with Crippen molar-refractivity contribution in [2.45, 2.75) is 20.8 Å². The lowest BCUT2D eigenvalue weighted by Gasteiger charge is -2.12. The van der Waals surface area contributed by atoms with Crippen molar-refractivity contribution < 1.29 is 4.52 Å². The van der Waals surface area contributed by atoms with Gasteiger partial charge in [0.1, 0.15) is 0 Å². The van der Waals surface area contributed by atoms with Crippen LogP contribution in [0.1, 0.15) is 17.0 Å². The maximum absolute atomic E-state index is 13.2. The van der Waals surface area contributed by atoms with Crippen molar-refractivity contribution >= 4 is 22.5 Å². The average Bonchev–Trinajstić information content (AvgIpc) is 3.27. The van der Waals surface area contributed by atoms with E-state index in [1.807, 2.05) is 63.2 Å². The van der Waals surface area contributed by atoms with E-state index in [1.54, 1.807) is 24.0 Å². The lowest BCUT2D eigenvalue weighted by Crippen LogP contribution is -2.19. The Morgan fingerprint density at radius 1 is 0.909 bits per heavy atom. The van der Waals surface area contributed by atoms with Crippen molar-refractivity contribution in [1.82, 2.24) is 24.7 Å². The first-order valence-electron chi connectivity index (χ1n) is 10.5. The van der Waals surface area contributed by atoms with E-state index in [-0.39, 0.29) is 5.56 Å². The van der Waals surface area contributed by atoms with Gasteiger partial charge in [-0.25, -0.2) is 0 Å². The molecule has 33 heavy (non-hydrogen) atoms. The molecule has 0 amide bonds. The van der Waals surface area contributed by atoms with Crippen LogP contribution in [-0.4, -0.2) is 24.7 Å². The lowest BCUT2D eigenvalue weighted by atomic mass is 9.99. The van der Waals surface area contributed by atoms with Crippen LogP contribution in [0.5, 0.6) is 0 Å². The second-order valence-electron chi connectivity index (χ2n) is 8.07. The third-order valence-electron chi connectivity index (χ3n) is 5.61. The van der Waals surface area contributed by atoms with Gasteiger partial charge in [-0.15, -0.1) is 0 Å². The zero-order valence-corrected chi connectivity index (χ0v) is 18.7. The molecule has 8 nitrogen and oxygen atoms in total. The minimum Gasteiger partial charge on any atom is -0.332 e. The van der Waals surface area contributed by atoms with Crippen molar-refractivity contribution in [3.63, 3.8) is 0 Å². The van der Waals surface area contributed by atoms with E-state index in [1.165, 1.54) is 0 Å². The number of hydrogen-bond donors (Lipinski definition) is 1. The Kier molecular flexibility index (Phi) is 4.97. The lowest BCUT2D eigenvalue weighted by molar-refractivity contribution is 0.432. The number of pyridine rings is 3. The van der Waals surface area contributed by atoms with Crippen LogP contribution in [0.2, 0.25) is 0 Å². The van der Waals surface area contributed by atoms with E-state index in [4.69, 9.17) is 4.52 Å². The largest absolute Gasteiger partial charge is 0.332 e. The molecule has 0 unspecified atom stereocenters. The number of fused-ring (bicyclic) bond motifs is 1. The number of hydrogen-bond acceptors (Lipinski definition) is 7. The minimum absolute atomic E-state index is 0.0675. The second kappa shape index (κ2) is 7.98. The Morgan fingerprint density at radius 2 is 1.73 bits per heavy atom. The summed E-state index contributed by atoms with van der Waals surface area (Å²) >= 11 is 0. The van der Waals surface area contributed by atoms with Crippen molar-refractivity contribution in [2.24, 2.45) is 7.05 Å². The van der Waals surface area contributed by atoms with Gasteiger partial charge in [-0.05, 0) is 73.5 Å². The van der Waals surface area contributed by atoms with Gasteiger partial charge in [-0.3, -0.25) is 14.8 Å². The first kappa shape index (κ1) is 20.6. The number of aromatic nitrogens is 5. The first-order chi connectivity index (χ1) is 15.9. The van der Waals surface area contributed by atoms with Gasteiger partial charge in [0.2, 0.25) is 0 Å². The maximum Gasteiger partial charge on any atom is 0.268 e. The summed E-state index contributed by atoms with van der Waals surface area (Å²) in [5.74, 6) is 0.704. The van der Waals surface area contributed by atoms with Crippen LogP contribution < -0.4 is 10.9 Å². The highest BCUT2D eigenvalue weighted by atomic mass is 16.5. The molecule has 0 atom stereocenters. The Hall–Kier alpha value is -4.33. The Balaban J connectivity index is 1.51. The molecule has 5 aromatic rings. The summed E-state index contributed by atoms with van der Waals surface area (Å²) in [6.07, 6.45) is 3.49. The van der Waals surface area contributed by atoms with Crippen LogP contribution in [0, 0.1) is 20.8 Å². The van der Waals surface area contributed by atoms with Crippen LogP contribution in [-0.2, 0) is 7.05 Å². The summed E-state index contributed by atoms with van der Waals surface area (Å²) in [5, 5.41) is 8.09. The van der Waals surface area contributed by atoms with Crippen molar-refractivity contribution in [3.8, 4) is 22.6 Å². The topological polar surface area (TPSA) is 98.7 Å². The number of anilines is 2. The number of rotatable bonds is 4. The minimum atomic E-state index is -0.0675.